The van der Waals surface area contributed by atoms with Crippen LogP contribution in [0.25, 0.3) is 0 Å². The number of thioether (sulfide) groups is 1. The van der Waals surface area contributed by atoms with E-state index in [-0.39, 0.29) is 24.9 Å². The lowest BCUT2D eigenvalue weighted by Gasteiger charge is -2.08. The Labute approximate surface area is 117 Å². The summed E-state index contributed by atoms with van der Waals surface area (Å²) in [6.45, 7) is 1.79. The molecule has 0 aromatic carbocycles. The van der Waals surface area contributed by atoms with Crippen molar-refractivity contribution in [2.75, 3.05) is 17.7 Å². The molecule has 1 rings (SSSR count). The summed E-state index contributed by atoms with van der Waals surface area (Å²) >= 11 is 1.63. The number of anilines is 1. The summed E-state index contributed by atoms with van der Waals surface area (Å²) in [7, 11) is 0. The van der Waals surface area contributed by atoms with E-state index in [1.165, 1.54) is 0 Å². The van der Waals surface area contributed by atoms with E-state index in [4.69, 9.17) is 10.8 Å². The number of nitrogens with two attached hydrogens (primary N) is 1. The third-order valence-corrected chi connectivity index (χ3v) is 3.00. The molecule has 1 atom stereocenters. The lowest BCUT2D eigenvalue weighted by atomic mass is 10.3. The maximum absolute atomic E-state index is 11.4. The van der Waals surface area contributed by atoms with Crippen LogP contribution in [0.15, 0.2) is 18.3 Å². The summed E-state index contributed by atoms with van der Waals surface area (Å²) < 4.78 is 0. The summed E-state index contributed by atoms with van der Waals surface area (Å²) in [6.07, 6.45) is 1.64. The predicted octanol–water partition coefficient (Wildman–Crippen LogP) is 1.01. The molecule has 0 saturated heterocycles. The van der Waals surface area contributed by atoms with E-state index in [0.29, 0.717) is 11.6 Å². The molecule has 102 valence electrons. The smallest absolute Gasteiger partial charge is 0.242 e. The number of hydrogen-bond acceptors (Lipinski definition) is 5. The van der Waals surface area contributed by atoms with Gasteiger partial charge in [-0.3, -0.25) is 4.79 Å². The fourth-order valence-corrected chi connectivity index (χ4v) is 1.82. The second kappa shape index (κ2) is 9.16. The number of aliphatic hydroxyl groups excluding tert-OH is 1. The number of hydrogen-bond donors (Lipinski definition) is 3. The predicted molar refractivity (Wildman–Crippen MR) is 77.0 cm³/mol. The SMILES string of the molecule is CC(N)C(=O)Nc1cc(CSCCO)ccn1.Cl. The van der Waals surface area contributed by atoms with Crippen LogP contribution in [0, 0.1) is 0 Å². The van der Waals surface area contributed by atoms with Crippen LogP contribution >= 0.6 is 24.2 Å². The van der Waals surface area contributed by atoms with E-state index in [1.54, 1.807) is 24.9 Å². The molecule has 7 heteroatoms. The van der Waals surface area contributed by atoms with Crippen LogP contribution in [0.3, 0.4) is 0 Å². The Kier molecular flexibility index (Phi) is 8.74. The minimum atomic E-state index is -0.552. The third kappa shape index (κ3) is 6.20. The monoisotopic (exact) mass is 291 g/mol. The van der Waals surface area contributed by atoms with Crippen LogP contribution < -0.4 is 11.1 Å². The molecule has 5 nitrogen and oxygen atoms in total. The topological polar surface area (TPSA) is 88.2 Å². The molecule has 0 spiro atoms. The maximum Gasteiger partial charge on any atom is 0.242 e. The van der Waals surface area contributed by atoms with Gasteiger partial charge in [-0.05, 0) is 24.6 Å². The Morgan fingerprint density at radius 3 is 3.00 bits per heavy atom. The standard InChI is InChI=1S/C11H17N3O2S.ClH/c1-8(12)11(16)14-10-6-9(2-3-13-10)7-17-5-4-15;/h2-3,6,8,15H,4-5,7,12H2,1H3,(H,13,14,16);1H. The van der Waals surface area contributed by atoms with Crippen molar-refractivity contribution in [3.05, 3.63) is 23.9 Å². The second-order valence-corrected chi connectivity index (χ2v) is 4.71. The fourth-order valence-electron chi connectivity index (χ4n) is 1.13. The zero-order valence-corrected chi connectivity index (χ0v) is 11.8. The first-order valence-corrected chi connectivity index (χ1v) is 6.49. The molecule has 0 aliphatic heterocycles. The molecule has 18 heavy (non-hydrogen) atoms. The van der Waals surface area contributed by atoms with Crippen LogP contribution in [-0.4, -0.2) is 34.4 Å². The molecule has 1 aromatic rings. The molecule has 1 amide bonds. The van der Waals surface area contributed by atoms with Gasteiger partial charge in [0.2, 0.25) is 5.91 Å². The van der Waals surface area contributed by atoms with E-state index in [0.717, 1.165) is 11.3 Å². The molecular formula is C11H18ClN3O2S. The number of nitrogens with zero attached hydrogens (tertiary/aromatic N) is 1. The zero-order valence-electron chi connectivity index (χ0n) is 10.1. The molecule has 1 unspecified atom stereocenters. The van der Waals surface area contributed by atoms with Crippen LogP contribution in [0.2, 0.25) is 0 Å². The Balaban J connectivity index is 0.00000289. The zero-order chi connectivity index (χ0) is 12.7. The highest BCUT2D eigenvalue weighted by molar-refractivity contribution is 7.98. The van der Waals surface area contributed by atoms with E-state index in [9.17, 15) is 4.79 Å². The summed E-state index contributed by atoms with van der Waals surface area (Å²) in [5, 5.41) is 11.3. The molecule has 0 saturated carbocycles. The molecular weight excluding hydrogens is 274 g/mol. The Bertz CT molecular complexity index is 377. The maximum atomic E-state index is 11.4. The Morgan fingerprint density at radius 2 is 2.39 bits per heavy atom. The van der Waals surface area contributed by atoms with Crippen molar-refractivity contribution >= 4 is 35.9 Å². The van der Waals surface area contributed by atoms with Crippen molar-refractivity contribution in [3.63, 3.8) is 0 Å². The van der Waals surface area contributed by atoms with Crippen LogP contribution in [0.4, 0.5) is 5.82 Å². The first-order valence-electron chi connectivity index (χ1n) is 5.33. The number of amides is 1. The van der Waals surface area contributed by atoms with Gasteiger partial charge in [0.15, 0.2) is 0 Å². The summed E-state index contributed by atoms with van der Waals surface area (Å²) in [4.78, 5) is 15.4. The number of pyridine rings is 1. The summed E-state index contributed by atoms with van der Waals surface area (Å²) in [6, 6.07) is 3.14. The van der Waals surface area contributed by atoms with Gasteiger partial charge in [0.05, 0.1) is 12.6 Å². The molecule has 0 bridgehead atoms. The number of carbonyl (C=O) groups is 1. The molecule has 0 radical (unpaired) electrons. The number of aromatic nitrogens is 1. The van der Waals surface area contributed by atoms with Crippen LogP contribution in [0.5, 0.6) is 0 Å². The van der Waals surface area contributed by atoms with Crippen molar-refractivity contribution in [1.29, 1.82) is 0 Å². The van der Waals surface area contributed by atoms with Gasteiger partial charge in [0.25, 0.3) is 0 Å². The Hall–Kier alpha value is -0.820. The molecule has 0 fully saturated rings. The van der Waals surface area contributed by atoms with Crippen molar-refractivity contribution in [2.45, 2.75) is 18.7 Å². The minimum Gasteiger partial charge on any atom is -0.396 e. The van der Waals surface area contributed by atoms with Gasteiger partial charge in [0, 0.05) is 17.7 Å². The normalized spacial score (nSPS) is 11.5. The molecule has 1 heterocycles. The lowest BCUT2D eigenvalue weighted by Crippen LogP contribution is -2.32. The highest BCUT2D eigenvalue weighted by atomic mass is 35.5. The first kappa shape index (κ1) is 17.2. The number of aliphatic hydroxyl groups is 1. The highest BCUT2D eigenvalue weighted by Gasteiger charge is 2.08. The van der Waals surface area contributed by atoms with Gasteiger partial charge in [-0.15, -0.1) is 12.4 Å². The lowest BCUT2D eigenvalue weighted by molar-refractivity contribution is -0.117. The third-order valence-electron chi connectivity index (χ3n) is 1.99. The largest absolute Gasteiger partial charge is 0.396 e. The molecule has 4 N–H and O–H groups in total. The number of halogens is 1. The number of rotatable bonds is 6. The highest BCUT2D eigenvalue weighted by Crippen LogP contribution is 2.14. The molecule has 1 aromatic heterocycles. The number of nitrogens with one attached hydrogen (secondary N) is 1. The van der Waals surface area contributed by atoms with Crippen LogP contribution in [0.1, 0.15) is 12.5 Å². The molecule has 0 aliphatic rings. The molecule has 0 aliphatic carbocycles. The van der Waals surface area contributed by atoms with Gasteiger partial charge < -0.3 is 16.2 Å². The summed E-state index contributed by atoms with van der Waals surface area (Å²) in [5.41, 5.74) is 6.50. The average Bonchev–Trinajstić information content (AvgIpc) is 2.30. The van der Waals surface area contributed by atoms with Gasteiger partial charge >= 0.3 is 0 Å². The van der Waals surface area contributed by atoms with E-state index >= 15 is 0 Å². The van der Waals surface area contributed by atoms with Crippen molar-refractivity contribution < 1.29 is 9.90 Å². The average molecular weight is 292 g/mol. The van der Waals surface area contributed by atoms with Gasteiger partial charge in [-0.25, -0.2) is 4.98 Å². The second-order valence-electron chi connectivity index (χ2n) is 3.60. The van der Waals surface area contributed by atoms with E-state index < -0.39 is 6.04 Å². The minimum absolute atomic E-state index is 0. The van der Waals surface area contributed by atoms with Gasteiger partial charge in [0.1, 0.15) is 5.82 Å². The summed E-state index contributed by atoms with van der Waals surface area (Å²) in [5.74, 6) is 1.74. The quantitative estimate of drug-likeness (QED) is 0.681. The van der Waals surface area contributed by atoms with E-state index in [2.05, 4.69) is 10.3 Å². The van der Waals surface area contributed by atoms with Crippen molar-refractivity contribution in [3.8, 4) is 0 Å². The number of carbonyl (C=O) groups excluding carboxylic acids is 1. The van der Waals surface area contributed by atoms with E-state index in [1.807, 2.05) is 12.1 Å². The Morgan fingerprint density at radius 1 is 1.67 bits per heavy atom. The van der Waals surface area contributed by atoms with Crippen molar-refractivity contribution in [1.82, 2.24) is 4.98 Å². The van der Waals surface area contributed by atoms with Gasteiger partial charge in [-0.1, -0.05) is 0 Å². The fraction of sp³-hybridized carbons (Fsp3) is 0.455. The van der Waals surface area contributed by atoms with Crippen molar-refractivity contribution in [2.24, 2.45) is 5.73 Å². The van der Waals surface area contributed by atoms with Crippen LogP contribution in [-0.2, 0) is 10.5 Å². The van der Waals surface area contributed by atoms with Gasteiger partial charge in [-0.2, -0.15) is 11.8 Å². The first-order chi connectivity index (χ1) is 8.13.